The van der Waals surface area contributed by atoms with Gasteiger partial charge in [-0.1, -0.05) is 97.5 Å². The molecule has 1 unspecified atom stereocenters. The number of fused-ring (bicyclic) bond motifs is 2. The van der Waals surface area contributed by atoms with E-state index in [0.29, 0.717) is 11.4 Å². The van der Waals surface area contributed by atoms with Crippen molar-refractivity contribution >= 4 is 68.5 Å². The molecule has 2 aromatic carbocycles. The molecule has 6 rings (SSSR count). The number of benzene rings is 2. The highest BCUT2D eigenvalue weighted by Gasteiger charge is 2.30. The highest BCUT2D eigenvalue weighted by molar-refractivity contribution is 14.1. The number of carbonyl (C=O) groups excluding carboxylic acids is 4. The fourth-order valence-corrected chi connectivity index (χ4v) is 7.72. The Morgan fingerprint density at radius 1 is 0.694 bits per heavy atom. The maximum atomic E-state index is 12.4. The molecule has 0 amide bonds. The summed E-state index contributed by atoms with van der Waals surface area (Å²) >= 11 is 2.49. The fraction of sp³-hybridized carbons (Fsp3) is 0.474. The Labute approximate surface area is 301 Å². The van der Waals surface area contributed by atoms with Crippen molar-refractivity contribution in [3.63, 3.8) is 0 Å². The third kappa shape index (κ3) is 9.64. The van der Waals surface area contributed by atoms with Crippen LogP contribution in [0.5, 0.6) is 0 Å². The summed E-state index contributed by atoms with van der Waals surface area (Å²) in [4.78, 5) is 47.5. The first-order chi connectivity index (χ1) is 23.8. The monoisotopic (exact) mass is 786 g/mol. The first kappa shape index (κ1) is 37.9. The maximum absolute atomic E-state index is 12.4. The number of esters is 2. The van der Waals surface area contributed by atoms with Crippen LogP contribution in [-0.4, -0.2) is 66.1 Å². The van der Waals surface area contributed by atoms with Gasteiger partial charge in [0.25, 0.3) is 0 Å². The van der Waals surface area contributed by atoms with Crippen LogP contribution in [0, 0.1) is 11.8 Å². The van der Waals surface area contributed by atoms with Crippen molar-refractivity contribution in [2.24, 2.45) is 11.8 Å². The average Bonchev–Trinajstić information content (AvgIpc) is 3.97. The van der Waals surface area contributed by atoms with Crippen LogP contribution < -0.4 is 0 Å². The predicted molar refractivity (Wildman–Crippen MR) is 197 cm³/mol. The molecule has 2 fully saturated rings. The van der Waals surface area contributed by atoms with Gasteiger partial charge in [0.15, 0.2) is 0 Å². The van der Waals surface area contributed by atoms with E-state index in [2.05, 4.69) is 27.3 Å². The highest BCUT2D eigenvalue weighted by atomic mass is 127. The van der Waals surface area contributed by atoms with Gasteiger partial charge in [-0.05, 0) is 54.4 Å². The largest absolute Gasteiger partial charge is 0.469 e. The zero-order chi connectivity index (χ0) is 35.3. The van der Waals surface area contributed by atoms with Gasteiger partial charge in [-0.15, -0.1) is 0 Å². The van der Waals surface area contributed by atoms with Gasteiger partial charge in [-0.3, -0.25) is 18.7 Å². The Hall–Kier alpha value is -3.87. The molecule has 2 aromatic heterocycles. The molecule has 11 heteroatoms. The molecule has 0 N–H and O–H groups in total. The topological polar surface area (TPSA) is 115 Å². The zero-order valence-corrected chi connectivity index (χ0v) is 31.0. The summed E-state index contributed by atoms with van der Waals surface area (Å²) in [5, 5.41) is 1.74. The number of alkyl halides is 1. The standard InChI is InChI=1S/C19H23NO4.C13H13NO4.C6H11I/c1-23-18(21)15(11-13-7-3-4-8-13)16-12-20(19(22)24-2)17-10-6-5-9-14(16)17;1-17-12(15)7-9-8-14(13(16)18-2)11-6-4-3-5-10(9)11;7-5-6-3-1-2-4-6/h5-6,9-10,12-13,15H,3-4,7-8,11H2,1-2H3;3-6,8H,7H2,1-2H3;6H,1-5H2. The number of rotatable bonds is 7. The van der Waals surface area contributed by atoms with Crippen molar-refractivity contribution in [2.75, 3.05) is 32.9 Å². The van der Waals surface area contributed by atoms with Crippen LogP contribution in [0.25, 0.3) is 21.8 Å². The van der Waals surface area contributed by atoms with Crippen molar-refractivity contribution in [1.82, 2.24) is 9.13 Å². The predicted octanol–water partition coefficient (Wildman–Crippen LogP) is 8.68. The minimum absolute atomic E-state index is 0.126. The van der Waals surface area contributed by atoms with E-state index in [1.807, 2.05) is 42.5 Å². The van der Waals surface area contributed by atoms with Gasteiger partial charge in [0, 0.05) is 27.6 Å². The summed E-state index contributed by atoms with van der Waals surface area (Å²) in [6.07, 6.45) is 14.0. The van der Waals surface area contributed by atoms with Gasteiger partial charge in [0.2, 0.25) is 0 Å². The lowest BCUT2D eigenvalue weighted by Gasteiger charge is -2.18. The molecule has 49 heavy (non-hydrogen) atoms. The number of hydrogen-bond donors (Lipinski definition) is 0. The summed E-state index contributed by atoms with van der Waals surface area (Å²) in [5.41, 5.74) is 3.04. The summed E-state index contributed by atoms with van der Waals surface area (Å²) in [5.74, 6) is 0.682. The van der Waals surface area contributed by atoms with Crippen LogP contribution in [-0.2, 0) is 35.0 Å². The van der Waals surface area contributed by atoms with E-state index in [4.69, 9.17) is 14.2 Å². The highest BCUT2D eigenvalue weighted by Crippen LogP contribution is 2.38. The summed E-state index contributed by atoms with van der Waals surface area (Å²) < 4.78 is 23.5. The molecule has 2 heterocycles. The number of ether oxygens (including phenoxy) is 4. The van der Waals surface area contributed by atoms with E-state index in [0.717, 1.165) is 52.6 Å². The van der Waals surface area contributed by atoms with Gasteiger partial charge in [-0.2, -0.15) is 0 Å². The molecular formula is C38H47IN2O8. The van der Waals surface area contributed by atoms with Crippen LogP contribution in [0.15, 0.2) is 60.9 Å². The third-order valence-electron chi connectivity index (χ3n) is 9.44. The van der Waals surface area contributed by atoms with E-state index in [1.54, 1.807) is 18.5 Å². The second kappa shape index (κ2) is 18.8. The summed E-state index contributed by atoms with van der Waals surface area (Å²) in [6.45, 7) is 0. The summed E-state index contributed by atoms with van der Waals surface area (Å²) in [7, 11) is 5.43. The van der Waals surface area contributed by atoms with Gasteiger partial charge >= 0.3 is 24.1 Å². The second-order valence-corrected chi connectivity index (χ2v) is 13.4. The number of carbonyl (C=O) groups is 4. The lowest BCUT2D eigenvalue weighted by molar-refractivity contribution is -0.143. The van der Waals surface area contributed by atoms with Gasteiger partial charge in [0.1, 0.15) is 0 Å². The van der Waals surface area contributed by atoms with Crippen molar-refractivity contribution in [1.29, 1.82) is 0 Å². The number of nitrogens with zero attached hydrogens (tertiary/aromatic N) is 2. The number of halogens is 1. The lowest BCUT2D eigenvalue weighted by atomic mass is 9.88. The second-order valence-electron chi connectivity index (χ2n) is 12.5. The maximum Gasteiger partial charge on any atom is 0.418 e. The third-order valence-corrected chi connectivity index (χ3v) is 10.7. The van der Waals surface area contributed by atoms with E-state index >= 15 is 0 Å². The normalized spacial score (nSPS) is 15.1. The molecule has 2 aliphatic carbocycles. The van der Waals surface area contributed by atoms with E-state index in [9.17, 15) is 19.2 Å². The molecule has 4 aromatic rings. The Balaban J connectivity index is 0.000000189. The molecule has 0 bridgehead atoms. The molecule has 0 aliphatic heterocycles. The van der Waals surface area contributed by atoms with Crippen molar-refractivity contribution < 1.29 is 38.1 Å². The van der Waals surface area contributed by atoms with Crippen LogP contribution >= 0.6 is 22.6 Å². The Kier molecular flexibility index (Phi) is 14.5. The lowest BCUT2D eigenvalue weighted by Crippen LogP contribution is -2.17. The number of methoxy groups -OCH3 is 4. The first-order valence-electron chi connectivity index (χ1n) is 16.8. The van der Waals surface area contributed by atoms with E-state index in [1.165, 1.54) is 80.5 Å². The molecule has 0 radical (unpaired) electrons. The summed E-state index contributed by atoms with van der Waals surface area (Å²) in [6, 6.07) is 14.9. The molecule has 10 nitrogen and oxygen atoms in total. The minimum atomic E-state index is -0.484. The molecular weight excluding hydrogens is 739 g/mol. The quantitative estimate of drug-likeness (QED) is 0.0792. The molecule has 264 valence electrons. The zero-order valence-electron chi connectivity index (χ0n) is 28.8. The number of hydrogen-bond acceptors (Lipinski definition) is 8. The Morgan fingerprint density at radius 2 is 1.20 bits per heavy atom. The Bertz CT molecular complexity index is 1720. The molecule has 0 spiro atoms. The van der Waals surface area contributed by atoms with Crippen molar-refractivity contribution in [2.45, 2.75) is 70.1 Å². The van der Waals surface area contributed by atoms with Gasteiger partial charge < -0.3 is 18.9 Å². The van der Waals surface area contributed by atoms with Gasteiger partial charge in [-0.25, -0.2) is 9.59 Å². The van der Waals surface area contributed by atoms with Crippen molar-refractivity contribution in [3.05, 3.63) is 72.1 Å². The molecule has 1 atom stereocenters. The van der Waals surface area contributed by atoms with E-state index < -0.39 is 12.2 Å². The molecule has 2 saturated carbocycles. The van der Waals surface area contributed by atoms with E-state index in [-0.39, 0.29) is 24.3 Å². The first-order valence-corrected chi connectivity index (χ1v) is 18.3. The van der Waals surface area contributed by atoms with Crippen molar-refractivity contribution in [3.8, 4) is 0 Å². The van der Waals surface area contributed by atoms with Crippen LogP contribution in [0.2, 0.25) is 0 Å². The average molecular weight is 787 g/mol. The van der Waals surface area contributed by atoms with Crippen LogP contribution in [0.3, 0.4) is 0 Å². The number of aromatic nitrogens is 2. The fourth-order valence-electron chi connectivity index (χ4n) is 6.84. The van der Waals surface area contributed by atoms with Crippen LogP contribution in [0.1, 0.15) is 74.8 Å². The molecule has 2 aliphatic rings. The number of para-hydroxylation sites is 2. The van der Waals surface area contributed by atoms with Gasteiger partial charge in [0.05, 0.1) is 51.8 Å². The van der Waals surface area contributed by atoms with Crippen LogP contribution in [0.4, 0.5) is 9.59 Å². The molecule has 0 saturated heterocycles. The Morgan fingerprint density at radius 3 is 1.71 bits per heavy atom. The SMILES string of the molecule is COC(=O)C(CC1CCCC1)c1cn(C(=O)OC)c2ccccc12.COC(=O)Cc1cn(C(=O)OC)c2ccccc12.ICC1CCCC1. The smallest absolute Gasteiger partial charge is 0.418 e. The minimum Gasteiger partial charge on any atom is -0.469 e.